The van der Waals surface area contributed by atoms with Crippen molar-refractivity contribution in [2.75, 3.05) is 0 Å². The minimum Gasteiger partial charge on any atom is -0.175 e. The average molecular weight is 461 g/mol. The molecule has 2 aromatic carbocycles. The maximum atomic E-state index is 3.91. The predicted octanol–water partition coefficient (Wildman–Crippen LogP) is 7.61. The summed E-state index contributed by atoms with van der Waals surface area (Å²) in [4.78, 5) is 0. The summed E-state index contributed by atoms with van der Waals surface area (Å²) < 4.78 is 0. The van der Waals surface area contributed by atoms with Gasteiger partial charge in [-0.25, -0.2) is 0 Å². The molecule has 0 radical (unpaired) electrons. The molecule has 0 nitrogen and oxygen atoms in total. The number of hydrogen-bond acceptors (Lipinski definition) is 0. The Bertz CT molecular complexity index is 1030. The zero-order valence-electron chi connectivity index (χ0n) is 19.3. The SMILES string of the molecule is Cc1cc(C(C)(C)C)cc2c1-c1c([c-]c(C(C)(C)C)c(C3=CC=CC3)c1C)C2.[Zr]. The Labute approximate surface area is 196 Å². The third-order valence-electron chi connectivity index (χ3n) is 6.32. The molecule has 2 aromatic rings. The molecule has 0 N–H and O–H groups in total. The number of hydrogen-bond donors (Lipinski definition) is 0. The monoisotopic (exact) mass is 459 g/mol. The first-order valence-electron chi connectivity index (χ1n) is 10.6. The number of rotatable bonds is 1. The van der Waals surface area contributed by atoms with Gasteiger partial charge < -0.3 is 0 Å². The van der Waals surface area contributed by atoms with E-state index in [4.69, 9.17) is 0 Å². The topological polar surface area (TPSA) is 0 Å². The van der Waals surface area contributed by atoms with Gasteiger partial charge in [-0.2, -0.15) is 6.07 Å². The number of allylic oxidation sites excluding steroid dienone is 4. The van der Waals surface area contributed by atoms with E-state index in [1.54, 1.807) is 0 Å². The summed E-state index contributed by atoms with van der Waals surface area (Å²) in [5.41, 5.74) is 14.6. The Morgan fingerprint density at radius 2 is 1.55 bits per heavy atom. The Morgan fingerprint density at radius 3 is 2.10 bits per heavy atom. The van der Waals surface area contributed by atoms with E-state index in [-0.39, 0.29) is 37.0 Å². The summed E-state index contributed by atoms with van der Waals surface area (Å²) in [6.45, 7) is 18.5. The second kappa shape index (κ2) is 7.49. The molecule has 0 heterocycles. The van der Waals surface area contributed by atoms with Crippen LogP contribution in [0.15, 0.2) is 30.4 Å². The molecular weight excluding hydrogens is 428 g/mol. The van der Waals surface area contributed by atoms with Crippen LogP contribution in [-0.4, -0.2) is 0 Å². The normalized spacial score (nSPS) is 15.1. The number of fused-ring (bicyclic) bond motifs is 3. The van der Waals surface area contributed by atoms with Crippen molar-refractivity contribution in [1.82, 2.24) is 0 Å². The van der Waals surface area contributed by atoms with Crippen molar-refractivity contribution in [3.8, 4) is 11.1 Å². The van der Waals surface area contributed by atoms with Gasteiger partial charge in [-0.15, -0.1) is 27.8 Å². The molecule has 0 aliphatic heterocycles. The van der Waals surface area contributed by atoms with Gasteiger partial charge in [-0.3, -0.25) is 0 Å². The molecule has 0 atom stereocenters. The van der Waals surface area contributed by atoms with Crippen LogP contribution in [0.5, 0.6) is 0 Å². The van der Waals surface area contributed by atoms with Gasteiger partial charge >= 0.3 is 0 Å². The maximum Gasteiger partial charge on any atom is 0 e. The Hall–Kier alpha value is -1.20. The molecule has 150 valence electrons. The molecule has 0 bridgehead atoms. The Morgan fingerprint density at radius 1 is 0.862 bits per heavy atom. The molecule has 0 spiro atoms. The Kier molecular flexibility index (Phi) is 5.81. The summed E-state index contributed by atoms with van der Waals surface area (Å²) in [5, 5.41) is 0. The van der Waals surface area contributed by atoms with E-state index < -0.39 is 0 Å². The van der Waals surface area contributed by atoms with E-state index in [9.17, 15) is 0 Å². The second-order valence-electron chi connectivity index (χ2n) is 10.7. The van der Waals surface area contributed by atoms with Crippen molar-refractivity contribution in [1.29, 1.82) is 0 Å². The molecule has 0 saturated carbocycles. The second-order valence-corrected chi connectivity index (χ2v) is 10.7. The van der Waals surface area contributed by atoms with E-state index in [0.717, 1.165) is 12.8 Å². The van der Waals surface area contributed by atoms with Gasteiger partial charge in [0.05, 0.1) is 0 Å². The molecular formula is C28H33Zr-. The first-order valence-corrected chi connectivity index (χ1v) is 10.6. The first-order chi connectivity index (χ1) is 13.0. The van der Waals surface area contributed by atoms with E-state index in [0.29, 0.717) is 0 Å². The van der Waals surface area contributed by atoms with Crippen LogP contribution in [0.3, 0.4) is 0 Å². The average Bonchev–Trinajstić information content (AvgIpc) is 3.19. The van der Waals surface area contributed by atoms with E-state index >= 15 is 0 Å². The van der Waals surface area contributed by atoms with Crippen molar-refractivity contribution >= 4 is 5.57 Å². The molecule has 0 amide bonds. The van der Waals surface area contributed by atoms with Gasteiger partial charge in [0.15, 0.2) is 0 Å². The van der Waals surface area contributed by atoms with E-state index in [1.807, 2.05) is 0 Å². The largest absolute Gasteiger partial charge is 0.175 e. The smallest absolute Gasteiger partial charge is 0 e. The molecule has 0 unspecified atom stereocenters. The molecule has 0 fully saturated rings. The minimum atomic E-state index is 0. The minimum absolute atomic E-state index is 0. The van der Waals surface area contributed by atoms with Crippen molar-refractivity contribution in [3.05, 3.63) is 75.4 Å². The van der Waals surface area contributed by atoms with Crippen LogP contribution < -0.4 is 0 Å². The van der Waals surface area contributed by atoms with Crippen molar-refractivity contribution in [2.24, 2.45) is 0 Å². The quantitative estimate of drug-likeness (QED) is 0.328. The van der Waals surface area contributed by atoms with Crippen LogP contribution in [0.1, 0.15) is 86.9 Å². The summed E-state index contributed by atoms with van der Waals surface area (Å²) in [7, 11) is 0. The third kappa shape index (κ3) is 3.81. The van der Waals surface area contributed by atoms with Gasteiger partial charge in [0, 0.05) is 26.2 Å². The van der Waals surface area contributed by atoms with Crippen molar-refractivity contribution in [2.45, 2.75) is 79.1 Å². The molecule has 1 heteroatoms. The third-order valence-corrected chi connectivity index (χ3v) is 6.32. The van der Waals surface area contributed by atoms with Crippen LogP contribution >= 0.6 is 0 Å². The van der Waals surface area contributed by atoms with E-state index in [2.05, 4.69) is 91.8 Å². The standard InChI is InChI=1S/C28H33.Zr/c1-17-13-22(27(3,4)5)15-20-14-21-16-23(28(6,7)8)25(19-11-9-10-12-19)18(2)26(21)24(17)20;/h9-11,13,15H,12,14H2,1-8H3;/q-1;. The number of benzene rings is 2. The number of aryl methyl sites for hydroxylation is 1. The fourth-order valence-corrected chi connectivity index (χ4v) is 4.86. The van der Waals surface area contributed by atoms with Crippen molar-refractivity contribution in [3.63, 3.8) is 0 Å². The van der Waals surface area contributed by atoms with Crippen LogP contribution in [0.2, 0.25) is 0 Å². The molecule has 2 aliphatic rings. The summed E-state index contributed by atoms with van der Waals surface area (Å²) >= 11 is 0. The van der Waals surface area contributed by atoms with Gasteiger partial charge in [0.25, 0.3) is 0 Å². The summed E-state index contributed by atoms with van der Waals surface area (Å²) in [5.74, 6) is 0. The fourth-order valence-electron chi connectivity index (χ4n) is 4.86. The van der Waals surface area contributed by atoms with Crippen LogP contribution in [0, 0.1) is 19.9 Å². The van der Waals surface area contributed by atoms with Gasteiger partial charge in [0.1, 0.15) is 0 Å². The predicted molar refractivity (Wildman–Crippen MR) is 122 cm³/mol. The van der Waals surface area contributed by atoms with Gasteiger partial charge in [-0.1, -0.05) is 95.5 Å². The molecule has 0 saturated heterocycles. The van der Waals surface area contributed by atoms with Crippen molar-refractivity contribution < 1.29 is 26.2 Å². The van der Waals surface area contributed by atoms with Gasteiger partial charge in [0.2, 0.25) is 0 Å². The maximum absolute atomic E-state index is 3.91. The first kappa shape index (κ1) is 22.5. The molecule has 0 aromatic heterocycles. The fraction of sp³-hybridized carbons (Fsp3) is 0.429. The zero-order chi connectivity index (χ0) is 20.4. The Balaban J connectivity index is 0.00000240. The van der Waals surface area contributed by atoms with Crippen LogP contribution in [-0.2, 0) is 43.5 Å². The van der Waals surface area contributed by atoms with Gasteiger partial charge in [-0.05, 0) is 41.7 Å². The molecule has 29 heavy (non-hydrogen) atoms. The summed E-state index contributed by atoms with van der Waals surface area (Å²) in [6, 6.07) is 8.77. The summed E-state index contributed by atoms with van der Waals surface area (Å²) in [6.07, 6.45) is 8.80. The molecule has 2 aliphatic carbocycles. The molecule has 4 rings (SSSR count). The van der Waals surface area contributed by atoms with Crippen LogP contribution in [0.25, 0.3) is 16.7 Å². The van der Waals surface area contributed by atoms with E-state index in [1.165, 1.54) is 55.6 Å². The zero-order valence-corrected chi connectivity index (χ0v) is 21.8. The van der Waals surface area contributed by atoms with Crippen LogP contribution in [0.4, 0.5) is 0 Å².